The van der Waals surface area contributed by atoms with Gasteiger partial charge >= 0.3 is 11.9 Å². The van der Waals surface area contributed by atoms with Crippen LogP contribution in [0.3, 0.4) is 0 Å². The molecule has 0 saturated heterocycles. The lowest BCUT2D eigenvalue weighted by Gasteiger charge is -2.10. The normalized spacial score (nSPS) is 12.0. The summed E-state index contributed by atoms with van der Waals surface area (Å²) >= 11 is 0. The van der Waals surface area contributed by atoms with E-state index in [1.807, 2.05) is 0 Å². The molecule has 0 aromatic heterocycles. The zero-order valence-electron chi connectivity index (χ0n) is 21.1. The summed E-state index contributed by atoms with van der Waals surface area (Å²) in [5, 5.41) is 0. The van der Waals surface area contributed by atoms with Crippen molar-refractivity contribution in [2.75, 3.05) is 13.2 Å². The van der Waals surface area contributed by atoms with Gasteiger partial charge in [-0.1, -0.05) is 111 Å². The first-order valence-electron chi connectivity index (χ1n) is 13.4. The van der Waals surface area contributed by atoms with E-state index in [0.29, 0.717) is 38.4 Å². The summed E-state index contributed by atoms with van der Waals surface area (Å²) in [6.07, 6.45) is 21.8. The molecule has 4 nitrogen and oxygen atoms in total. The van der Waals surface area contributed by atoms with Crippen LogP contribution in [0.2, 0.25) is 0 Å². The van der Waals surface area contributed by atoms with Crippen molar-refractivity contribution in [3.05, 3.63) is 0 Å². The fourth-order valence-corrected chi connectivity index (χ4v) is 3.82. The topological polar surface area (TPSA) is 52.6 Å². The standard InChI is InChI=1S/C27H52O4/c1-4-6-7-8-9-10-11-12-13-14-15-16-17-18-23-30-26(28)21-19-22-27(29)31-24-25(3)20-5-2/h25H,4-24H2,1-3H3. The molecule has 31 heavy (non-hydrogen) atoms. The Balaban J connectivity index is 3.30. The number of esters is 2. The van der Waals surface area contributed by atoms with Gasteiger partial charge in [0.15, 0.2) is 0 Å². The lowest BCUT2D eigenvalue weighted by molar-refractivity contribution is -0.146. The van der Waals surface area contributed by atoms with E-state index >= 15 is 0 Å². The van der Waals surface area contributed by atoms with Gasteiger partial charge in [-0.2, -0.15) is 0 Å². The van der Waals surface area contributed by atoms with Crippen molar-refractivity contribution in [2.45, 2.75) is 143 Å². The Bertz CT molecular complexity index is 408. The van der Waals surface area contributed by atoms with Gasteiger partial charge in [-0.15, -0.1) is 0 Å². The predicted octanol–water partition coefficient (Wildman–Crippen LogP) is 8.16. The summed E-state index contributed by atoms with van der Waals surface area (Å²) in [6, 6.07) is 0. The number of hydrogen-bond donors (Lipinski definition) is 0. The Morgan fingerprint density at radius 1 is 0.581 bits per heavy atom. The lowest BCUT2D eigenvalue weighted by atomic mass is 10.0. The van der Waals surface area contributed by atoms with Crippen LogP contribution in [-0.2, 0) is 19.1 Å². The molecule has 0 heterocycles. The second-order valence-corrected chi connectivity index (χ2v) is 9.25. The van der Waals surface area contributed by atoms with Crippen LogP contribution in [-0.4, -0.2) is 25.2 Å². The molecule has 0 N–H and O–H groups in total. The summed E-state index contributed by atoms with van der Waals surface area (Å²) in [5.41, 5.74) is 0. The minimum atomic E-state index is -0.206. The third-order valence-electron chi connectivity index (χ3n) is 5.83. The Morgan fingerprint density at radius 2 is 1.03 bits per heavy atom. The highest BCUT2D eigenvalue weighted by molar-refractivity contribution is 5.72. The second-order valence-electron chi connectivity index (χ2n) is 9.25. The second kappa shape index (κ2) is 23.6. The van der Waals surface area contributed by atoms with Gasteiger partial charge in [-0.05, 0) is 25.2 Å². The van der Waals surface area contributed by atoms with Gasteiger partial charge in [0.05, 0.1) is 13.2 Å². The van der Waals surface area contributed by atoms with Crippen molar-refractivity contribution in [3.8, 4) is 0 Å². The first-order chi connectivity index (χ1) is 15.1. The number of carbonyl (C=O) groups is 2. The van der Waals surface area contributed by atoms with E-state index in [9.17, 15) is 9.59 Å². The molecule has 0 rings (SSSR count). The Kier molecular flexibility index (Phi) is 22.8. The maximum atomic E-state index is 11.7. The number of hydrogen-bond acceptors (Lipinski definition) is 4. The van der Waals surface area contributed by atoms with Gasteiger partial charge in [0.25, 0.3) is 0 Å². The van der Waals surface area contributed by atoms with Crippen molar-refractivity contribution in [1.82, 2.24) is 0 Å². The first kappa shape index (κ1) is 29.9. The number of rotatable bonds is 23. The first-order valence-corrected chi connectivity index (χ1v) is 13.4. The van der Waals surface area contributed by atoms with Gasteiger partial charge in [-0.25, -0.2) is 0 Å². The molecule has 0 bridgehead atoms. The summed E-state index contributed by atoms with van der Waals surface area (Å²) in [5.74, 6) is 0.00796. The van der Waals surface area contributed by atoms with Crippen LogP contribution < -0.4 is 0 Å². The van der Waals surface area contributed by atoms with Crippen LogP contribution in [0.25, 0.3) is 0 Å². The van der Waals surface area contributed by atoms with Gasteiger partial charge < -0.3 is 9.47 Å². The molecule has 1 atom stereocenters. The van der Waals surface area contributed by atoms with E-state index in [1.54, 1.807) is 0 Å². The van der Waals surface area contributed by atoms with Crippen LogP contribution in [0.15, 0.2) is 0 Å². The number of ether oxygens (including phenoxy) is 2. The fourth-order valence-electron chi connectivity index (χ4n) is 3.82. The molecule has 0 radical (unpaired) electrons. The van der Waals surface area contributed by atoms with E-state index in [1.165, 1.54) is 77.0 Å². The highest BCUT2D eigenvalue weighted by Crippen LogP contribution is 2.13. The number of unbranched alkanes of at least 4 members (excludes halogenated alkanes) is 13. The zero-order valence-corrected chi connectivity index (χ0v) is 21.1. The Hall–Kier alpha value is -1.06. The fraction of sp³-hybridized carbons (Fsp3) is 0.926. The van der Waals surface area contributed by atoms with E-state index in [-0.39, 0.29) is 11.9 Å². The minimum Gasteiger partial charge on any atom is -0.466 e. The van der Waals surface area contributed by atoms with Crippen molar-refractivity contribution in [2.24, 2.45) is 5.92 Å². The van der Waals surface area contributed by atoms with E-state index < -0.39 is 0 Å². The summed E-state index contributed by atoms with van der Waals surface area (Å²) < 4.78 is 10.5. The SMILES string of the molecule is CCCCCCCCCCCCCCCCOC(=O)CCCC(=O)OCC(C)CCC. The molecule has 0 aliphatic carbocycles. The molecule has 1 unspecified atom stereocenters. The average Bonchev–Trinajstić information content (AvgIpc) is 2.75. The molecule has 4 heteroatoms. The average molecular weight is 441 g/mol. The van der Waals surface area contributed by atoms with Crippen molar-refractivity contribution in [1.29, 1.82) is 0 Å². The van der Waals surface area contributed by atoms with Gasteiger partial charge in [0, 0.05) is 12.8 Å². The molecular weight excluding hydrogens is 388 g/mol. The van der Waals surface area contributed by atoms with Gasteiger partial charge in [0.2, 0.25) is 0 Å². The largest absolute Gasteiger partial charge is 0.466 e. The van der Waals surface area contributed by atoms with Gasteiger partial charge in [0.1, 0.15) is 0 Å². The highest BCUT2D eigenvalue weighted by Gasteiger charge is 2.09. The zero-order chi connectivity index (χ0) is 23.0. The maximum Gasteiger partial charge on any atom is 0.305 e. The summed E-state index contributed by atoms with van der Waals surface area (Å²) in [6.45, 7) is 7.48. The third kappa shape index (κ3) is 23.4. The molecule has 0 saturated carbocycles. The van der Waals surface area contributed by atoms with Crippen LogP contribution in [0, 0.1) is 5.92 Å². The monoisotopic (exact) mass is 440 g/mol. The molecule has 0 spiro atoms. The number of carbonyl (C=O) groups excluding carboxylic acids is 2. The predicted molar refractivity (Wildman–Crippen MR) is 130 cm³/mol. The van der Waals surface area contributed by atoms with Crippen LogP contribution >= 0.6 is 0 Å². The van der Waals surface area contributed by atoms with E-state index in [0.717, 1.165) is 25.7 Å². The lowest BCUT2D eigenvalue weighted by Crippen LogP contribution is -2.12. The molecule has 0 aromatic rings. The molecule has 184 valence electrons. The molecule has 0 fully saturated rings. The molecule has 0 amide bonds. The molecule has 0 aromatic carbocycles. The van der Waals surface area contributed by atoms with Crippen molar-refractivity contribution in [3.63, 3.8) is 0 Å². The Morgan fingerprint density at radius 3 is 1.52 bits per heavy atom. The van der Waals surface area contributed by atoms with E-state index in [4.69, 9.17) is 9.47 Å². The van der Waals surface area contributed by atoms with Crippen LogP contribution in [0.4, 0.5) is 0 Å². The minimum absolute atomic E-state index is 0.193. The van der Waals surface area contributed by atoms with Crippen LogP contribution in [0.1, 0.15) is 143 Å². The van der Waals surface area contributed by atoms with E-state index in [2.05, 4.69) is 20.8 Å². The Labute approximate surface area is 193 Å². The van der Waals surface area contributed by atoms with Crippen molar-refractivity contribution >= 4 is 11.9 Å². The molecular formula is C27H52O4. The molecule has 0 aliphatic heterocycles. The smallest absolute Gasteiger partial charge is 0.305 e. The van der Waals surface area contributed by atoms with Crippen LogP contribution in [0.5, 0.6) is 0 Å². The third-order valence-corrected chi connectivity index (χ3v) is 5.83. The highest BCUT2D eigenvalue weighted by atomic mass is 16.5. The van der Waals surface area contributed by atoms with Gasteiger partial charge in [-0.3, -0.25) is 9.59 Å². The van der Waals surface area contributed by atoms with Crippen molar-refractivity contribution < 1.29 is 19.1 Å². The summed E-state index contributed by atoms with van der Waals surface area (Å²) in [4.78, 5) is 23.4. The summed E-state index contributed by atoms with van der Waals surface area (Å²) in [7, 11) is 0. The maximum absolute atomic E-state index is 11.7. The molecule has 0 aliphatic rings. The quantitative estimate of drug-likeness (QED) is 0.119.